The van der Waals surface area contributed by atoms with E-state index in [2.05, 4.69) is 10.3 Å². The van der Waals surface area contributed by atoms with Crippen LogP contribution in [0, 0.1) is 5.92 Å². The first-order valence-electron chi connectivity index (χ1n) is 6.40. The fourth-order valence-corrected chi connectivity index (χ4v) is 2.68. The highest BCUT2D eigenvalue weighted by atomic mass is 32.1. The molecular weight excluding hydrogens is 278 g/mol. The van der Waals surface area contributed by atoms with Gasteiger partial charge in [0.05, 0.1) is 6.10 Å². The van der Waals surface area contributed by atoms with Crippen molar-refractivity contribution in [1.82, 2.24) is 14.7 Å². The molecule has 0 aliphatic heterocycles. The highest BCUT2D eigenvalue weighted by Crippen LogP contribution is 2.06. The molecular formula is C13H17N3O3S. The van der Waals surface area contributed by atoms with Crippen LogP contribution < -0.4 is 10.9 Å². The molecule has 2 heterocycles. The van der Waals surface area contributed by atoms with Crippen LogP contribution in [0.4, 0.5) is 0 Å². The Morgan fingerprint density at radius 3 is 3.00 bits per heavy atom. The fraction of sp³-hybridized carbons (Fsp3) is 0.462. The van der Waals surface area contributed by atoms with Crippen molar-refractivity contribution in [1.29, 1.82) is 0 Å². The van der Waals surface area contributed by atoms with Gasteiger partial charge in [-0.25, -0.2) is 4.98 Å². The van der Waals surface area contributed by atoms with E-state index < -0.39 is 12.0 Å². The van der Waals surface area contributed by atoms with Gasteiger partial charge in [-0.2, -0.15) is 0 Å². The number of rotatable bonds is 5. The summed E-state index contributed by atoms with van der Waals surface area (Å²) in [6, 6.07) is 0. The van der Waals surface area contributed by atoms with Gasteiger partial charge in [0.15, 0.2) is 4.96 Å². The molecule has 6 nitrogen and oxygen atoms in total. The second kappa shape index (κ2) is 6.15. The molecule has 20 heavy (non-hydrogen) atoms. The summed E-state index contributed by atoms with van der Waals surface area (Å²) in [7, 11) is 0. The van der Waals surface area contributed by atoms with Gasteiger partial charge in [0, 0.05) is 24.3 Å². The van der Waals surface area contributed by atoms with Crippen LogP contribution in [0.15, 0.2) is 22.6 Å². The van der Waals surface area contributed by atoms with Crippen LogP contribution in [0.2, 0.25) is 0 Å². The number of hydrogen-bond donors (Lipinski definition) is 2. The van der Waals surface area contributed by atoms with Gasteiger partial charge in [0.1, 0.15) is 5.56 Å². The Bertz CT molecular complexity index is 662. The number of hydrogen-bond acceptors (Lipinski definition) is 5. The van der Waals surface area contributed by atoms with Crippen LogP contribution in [0.3, 0.4) is 0 Å². The van der Waals surface area contributed by atoms with Gasteiger partial charge in [0.25, 0.3) is 11.5 Å². The van der Waals surface area contributed by atoms with E-state index in [4.69, 9.17) is 0 Å². The molecule has 0 fully saturated rings. The molecule has 0 spiro atoms. The molecule has 0 aliphatic carbocycles. The smallest absolute Gasteiger partial charge is 0.271 e. The average Bonchev–Trinajstić information content (AvgIpc) is 2.85. The topological polar surface area (TPSA) is 83.7 Å². The monoisotopic (exact) mass is 295 g/mol. The van der Waals surface area contributed by atoms with Crippen molar-refractivity contribution in [2.75, 3.05) is 6.54 Å². The first-order chi connectivity index (χ1) is 9.49. The third-order valence-electron chi connectivity index (χ3n) is 2.94. The Labute approximate surface area is 120 Å². The number of carbonyl (C=O) groups is 1. The number of aliphatic hydroxyl groups is 1. The van der Waals surface area contributed by atoms with Crippen molar-refractivity contribution in [2.45, 2.75) is 26.4 Å². The fourth-order valence-electron chi connectivity index (χ4n) is 2.01. The van der Waals surface area contributed by atoms with E-state index in [1.807, 2.05) is 6.92 Å². The molecule has 0 radical (unpaired) electrons. The van der Waals surface area contributed by atoms with Crippen molar-refractivity contribution in [3.8, 4) is 0 Å². The molecule has 0 aliphatic rings. The van der Waals surface area contributed by atoms with E-state index in [-0.39, 0.29) is 17.0 Å². The number of fused-ring (bicyclic) bond motifs is 1. The number of nitrogens with one attached hydrogen (secondary N) is 1. The average molecular weight is 295 g/mol. The molecule has 2 rings (SSSR count). The lowest BCUT2D eigenvalue weighted by molar-refractivity contribution is 0.0937. The Balaban J connectivity index is 2.08. The minimum atomic E-state index is -0.430. The third kappa shape index (κ3) is 3.23. The highest BCUT2D eigenvalue weighted by molar-refractivity contribution is 7.15. The zero-order valence-electron chi connectivity index (χ0n) is 11.4. The molecule has 2 aromatic heterocycles. The Kier molecular flexibility index (Phi) is 4.51. The van der Waals surface area contributed by atoms with Crippen molar-refractivity contribution >= 4 is 22.2 Å². The maximum atomic E-state index is 12.1. The van der Waals surface area contributed by atoms with Crippen molar-refractivity contribution in [3.63, 3.8) is 0 Å². The predicted octanol–water partition coefficient (Wildman–Crippen LogP) is 0.893. The number of aliphatic hydroxyl groups excluding tert-OH is 1. The number of amides is 1. The van der Waals surface area contributed by atoms with Gasteiger partial charge in [-0.3, -0.25) is 14.0 Å². The molecule has 7 heteroatoms. The number of carbonyl (C=O) groups excluding carboxylic acids is 1. The van der Waals surface area contributed by atoms with Crippen molar-refractivity contribution < 1.29 is 9.90 Å². The Hall–Kier alpha value is -1.73. The largest absolute Gasteiger partial charge is 0.393 e. The molecule has 0 saturated heterocycles. The molecule has 2 N–H and O–H groups in total. The van der Waals surface area contributed by atoms with E-state index >= 15 is 0 Å². The zero-order valence-corrected chi connectivity index (χ0v) is 12.2. The molecule has 0 saturated carbocycles. The van der Waals surface area contributed by atoms with Gasteiger partial charge in [0.2, 0.25) is 0 Å². The van der Waals surface area contributed by atoms with E-state index in [1.54, 1.807) is 18.5 Å². The van der Waals surface area contributed by atoms with E-state index in [0.29, 0.717) is 17.9 Å². The van der Waals surface area contributed by atoms with Crippen LogP contribution in [0.25, 0.3) is 4.96 Å². The summed E-state index contributed by atoms with van der Waals surface area (Å²) in [5.74, 6) is -0.292. The van der Waals surface area contributed by atoms with Gasteiger partial charge in [-0.1, -0.05) is 6.92 Å². The molecule has 2 aromatic rings. The SMILES string of the molecule is CC(O)CC(C)CNC(=O)c1cnc2sccn2c1=O. The van der Waals surface area contributed by atoms with Crippen LogP contribution in [0.1, 0.15) is 30.6 Å². The predicted molar refractivity (Wildman–Crippen MR) is 77.1 cm³/mol. The summed E-state index contributed by atoms with van der Waals surface area (Å²) in [4.78, 5) is 28.7. The molecule has 0 aromatic carbocycles. The Morgan fingerprint density at radius 2 is 2.30 bits per heavy atom. The summed E-state index contributed by atoms with van der Waals surface area (Å²) in [5.41, 5.74) is -0.331. The molecule has 0 bridgehead atoms. The summed E-state index contributed by atoms with van der Waals surface area (Å²) in [6.07, 6.45) is 3.10. The third-order valence-corrected chi connectivity index (χ3v) is 3.71. The summed E-state index contributed by atoms with van der Waals surface area (Å²) in [6.45, 7) is 4.05. The Morgan fingerprint density at radius 1 is 1.55 bits per heavy atom. The number of aromatic nitrogens is 2. The van der Waals surface area contributed by atoms with E-state index in [1.165, 1.54) is 21.9 Å². The minimum Gasteiger partial charge on any atom is -0.393 e. The van der Waals surface area contributed by atoms with Crippen LogP contribution in [0.5, 0.6) is 0 Å². The number of nitrogens with zero attached hydrogens (tertiary/aromatic N) is 2. The molecule has 2 unspecified atom stereocenters. The van der Waals surface area contributed by atoms with Gasteiger partial charge < -0.3 is 10.4 Å². The van der Waals surface area contributed by atoms with Crippen LogP contribution >= 0.6 is 11.3 Å². The first kappa shape index (κ1) is 14.7. The van der Waals surface area contributed by atoms with E-state index in [0.717, 1.165) is 0 Å². The van der Waals surface area contributed by atoms with Gasteiger partial charge in [-0.05, 0) is 19.3 Å². The quantitative estimate of drug-likeness (QED) is 0.858. The molecule has 108 valence electrons. The minimum absolute atomic E-state index is 0.0325. The zero-order chi connectivity index (χ0) is 14.7. The standard InChI is InChI=1S/C13H17N3O3S/c1-8(5-9(2)17)6-14-11(18)10-7-15-13-16(12(10)19)3-4-20-13/h3-4,7-9,17H,5-6H2,1-2H3,(H,14,18). The second-order valence-corrected chi connectivity index (χ2v) is 5.81. The molecule has 1 amide bonds. The lowest BCUT2D eigenvalue weighted by Crippen LogP contribution is -2.34. The van der Waals surface area contributed by atoms with Gasteiger partial charge in [-0.15, -0.1) is 11.3 Å². The van der Waals surface area contributed by atoms with Crippen molar-refractivity contribution in [2.24, 2.45) is 5.92 Å². The number of thiazole rings is 1. The van der Waals surface area contributed by atoms with Crippen LogP contribution in [-0.2, 0) is 0 Å². The van der Waals surface area contributed by atoms with Gasteiger partial charge >= 0.3 is 0 Å². The second-order valence-electron chi connectivity index (χ2n) is 4.93. The first-order valence-corrected chi connectivity index (χ1v) is 7.28. The van der Waals surface area contributed by atoms with Crippen molar-refractivity contribution in [3.05, 3.63) is 33.7 Å². The molecule has 2 atom stereocenters. The maximum absolute atomic E-state index is 12.1. The normalized spacial score (nSPS) is 14.2. The summed E-state index contributed by atoms with van der Waals surface area (Å²) < 4.78 is 1.36. The summed E-state index contributed by atoms with van der Waals surface area (Å²) >= 11 is 1.34. The highest BCUT2D eigenvalue weighted by Gasteiger charge is 2.15. The van der Waals surface area contributed by atoms with E-state index in [9.17, 15) is 14.7 Å². The summed E-state index contributed by atoms with van der Waals surface area (Å²) in [5, 5.41) is 13.7. The van der Waals surface area contributed by atoms with Crippen LogP contribution in [-0.4, -0.2) is 33.0 Å². The lowest BCUT2D eigenvalue weighted by Gasteiger charge is -2.13. The lowest BCUT2D eigenvalue weighted by atomic mass is 10.0. The maximum Gasteiger partial charge on any atom is 0.271 e.